The average Bonchev–Trinajstić information content (AvgIpc) is 3.72. The molecule has 0 saturated carbocycles. The van der Waals surface area contributed by atoms with Crippen LogP contribution in [0.15, 0.2) is 70.6 Å². The van der Waals surface area contributed by atoms with Gasteiger partial charge < -0.3 is 19.3 Å². The number of benzene rings is 3. The van der Waals surface area contributed by atoms with E-state index in [4.69, 9.17) is 14.2 Å². The Morgan fingerprint density at radius 3 is 2.53 bits per heavy atom. The van der Waals surface area contributed by atoms with E-state index in [1.165, 1.54) is 33.6 Å². The molecular weight excluding hydrogens is 611 g/mol. The van der Waals surface area contributed by atoms with E-state index in [2.05, 4.69) is 34.5 Å². The highest BCUT2D eigenvalue weighted by molar-refractivity contribution is 8.00. The second-order valence-electron chi connectivity index (χ2n) is 10.8. The Kier molecular flexibility index (Phi) is 8.82. The molecule has 1 saturated heterocycles. The van der Waals surface area contributed by atoms with E-state index < -0.39 is 17.7 Å². The predicted molar refractivity (Wildman–Crippen MR) is 174 cm³/mol. The molecule has 1 amide bonds. The zero-order chi connectivity index (χ0) is 31.7. The van der Waals surface area contributed by atoms with Crippen LogP contribution >= 0.6 is 23.1 Å². The van der Waals surface area contributed by atoms with Crippen molar-refractivity contribution >= 4 is 45.7 Å². The molecule has 45 heavy (non-hydrogen) atoms. The summed E-state index contributed by atoms with van der Waals surface area (Å²) in [6.07, 6.45) is 0.692. The van der Waals surface area contributed by atoms with Crippen LogP contribution in [-0.2, 0) is 21.8 Å². The van der Waals surface area contributed by atoms with Crippen LogP contribution in [-0.4, -0.2) is 46.3 Å². The minimum Gasteiger partial charge on any atom is -0.507 e. The first-order valence-electron chi connectivity index (χ1n) is 14.8. The second-order valence-corrected chi connectivity index (χ2v) is 13.0. The number of ketones is 1. The number of hydrogen-bond acceptors (Lipinski definition) is 10. The van der Waals surface area contributed by atoms with Gasteiger partial charge in [-0.25, -0.2) is 0 Å². The molecule has 2 unspecified atom stereocenters. The lowest BCUT2D eigenvalue weighted by Crippen LogP contribution is -2.29. The Bertz CT molecular complexity index is 1780. The van der Waals surface area contributed by atoms with Gasteiger partial charge in [-0.1, -0.05) is 59.0 Å². The second kappa shape index (κ2) is 12.9. The number of nitrogens with zero attached hydrogens (tertiary/aromatic N) is 3. The molecule has 11 heteroatoms. The van der Waals surface area contributed by atoms with E-state index >= 15 is 0 Å². The number of thioether (sulfide) groups is 1. The third-order valence-corrected chi connectivity index (χ3v) is 9.71. The largest absolute Gasteiger partial charge is 0.507 e. The smallest absolute Gasteiger partial charge is 0.301 e. The number of anilines is 1. The van der Waals surface area contributed by atoms with Crippen molar-refractivity contribution in [3.63, 3.8) is 0 Å². The van der Waals surface area contributed by atoms with Gasteiger partial charge in [0.1, 0.15) is 17.6 Å². The first kappa shape index (κ1) is 30.7. The number of aryl methyl sites for hydroxylation is 1. The summed E-state index contributed by atoms with van der Waals surface area (Å²) in [6.45, 7) is 8.58. The van der Waals surface area contributed by atoms with Crippen molar-refractivity contribution in [3.05, 3.63) is 94.1 Å². The van der Waals surface area contributed by atoms with Crippen molar-refractivity contribution in [2.24, 2.45) is 0 Å². The van der Waals surface area contributed by atoms with E-state index in [1.54, 1.807) is 30.3 Å². The summed E-state index contributed by atoms with van der Waals surface area (Å²) in [4.78, 5) is 28.8. The zero-order valence-electron chi connectivity index (χ0n) is 25.4. The van der Waals surface area contributed by atoms with Gasteiger partial charge >= 0.3 is 5.91 Å². The Morgan fingerprint density at radius 2 is 1.78 bits per heavy atom. The molecular formula is C34H33N3O6S2. The molecule has 3 aromatic carbocycles. The maximum Gasteiger partial charge on any atom is 0.301 e. The summed E-state index contributed by atoms with van der Waals surface area (Å²) in [6, 6.07) is 17.8. The minimum absolute atomic E-state index is 0.0132. The number of aromatic nitrogens is 2. The van der Waals surface area contributed by atoms with Crippen molar-refractivity contribution in [2.75, 3.05) is 18.1 Å². The Labute approximate surface area is 269 Å². The number of fused-ring (bicyclic) bond motifs is 1. The van der Waals surface area contributed by atoms with Gasteiger partial charge in [-0.2, -0.15) is 0 Å². The van der Waals surface area contributed by atoms with Gasteiger partial charge in [-0.3, -0.25) is 14.5 Å². The van der Waals surface area contributed by atoms with Crippen LogP contribution in [0.5, 0.6) is 17.2 Å². The number of Topliss-reactive ketones (excluding diaryl/α,β-unsaturated/α-hetero) is 1. The quantitative estimate of drug-likeness (QED) is 0.0650. The monoisotopic (exact) mass is 643 g/mol. The molecule has 3 heterocycles. The molecule has 2 aliphatic heterocycles. The van der Waals surface area contributed by atoms with Gasteiger partial charge in [0.05, 0.1) is 24.8 Å². The van der Waals surface area contributed by atoms with Crippen LogP contribution in [0.3, 0.4) is 0 Å². The summed E-state index contributed by atoms with van der Waals surface area (Å²) < 4.78 is 18.1. The van der Waals surface area contributed by atoms with Gasteiger partial charge in [0.15, 0.2) is 15.8 Å². The normalized spacial score (nSPS) is 18.6. The summed E-state index contributed by atoms with van der Waals surface area (Å²) in [5.74, 6) is 0.559. The number of amides is 1. The first-order valence-corrected chi connectivity index (χ1v) is 16.6. The number of carbonyl (C=O) groups excluding carboxylic acids is 2. The summed E-state index contributed by atoms with van der Waals surface area (Å²) in [5.41, 5.74) is 4.19. The number of ether oxygens (including phenoxy) is 3. The lowest BCUT2D eigenvalue weighted by molar-refractivity contribution is -0.132. The summed E-state index contributed by atoms with van der Waals surface area (Å²) >= 11 is 2.73. The van der Waals surface area contributed by atoms with Crippen molar-refractivity contribution in [3.8, 4) is 17.2 Å². The van der Waals surface area contributed by atoms with Gasteiger partial charge in [0, 0.05) is 17.7 Å². The van der Waals surface area contributed by atoms with Crippen LogP contribution in [0.2, 0.25) is 0 Å². The minimum atomic E-state index is -0.980. The Morgan fingerprint density at radius 1 is 1.02 bits per heavy atom. The van der Waals surface area contributed by atoms with E-state index in [9.17, 15) is 14.7 Å². The van der Waals surface area contributed by atoms with Crippen LogP contribution in [0.1, 0.15) is 54.6 Å². The number of aliphatic hydroxyl groups is 1. The molecule has 4 aromatic rings. The molecule has 2 aliphatic rings. The number of hydrogen-bond donors (Lipinski definition) is 1. The number of rotatable bonds is 10. The molecule has 0 aliphatic carbocycles. The van der Waals surface area contributed by atoms with Crippen molar-refractivity contribution < 1.29 is 28.9 Å². The predicted octanol–water partition coefficient (Wildman–Crippen LogP) is 6.89. The van der Waals surface area contributed by atoms with Crippen molar-refractivity contribution in [1.82, 2.24) is 10.2 Å². The molecule has 1 aromatic heterocycles. The standard InChI is InChI=1S/C34H33N3O6S2/c1-5-41-26-14-11-22(17-27(26)42-6-2)29-28(30(38)23-12-13-25-24(16-23)15-20(4)43-25)31(39)32(40)37(29)33-35-36-34(45-33)44-18-21-9-7-19(3)8-10-21/h7-14,16-17,20,29,38H,5-6,15,18H2,1-4H3/b30-28-. The highest BCUT2D eigenvalue weighted by Crippen LogP contribution is 2.46. The SMILES string of the molecule is CCOc1ccc(C2/C(=C(/O)c3ccc4c(c3)CC(C)O4)C(=O)C(=O)N2c2nnc(SCc3ccc(C)cc3)s2)cc1OCC. The fourth-order valence-corrected chi connectivity index (χ4v) is 7.32. The summed E-state index contributed by atoms with van der Waals surface area (Å²) in [7, 11) is 0. The molecule has 0 spiro atoms. The maximum atomic E-state index is 13.8. The third-order valence-electron chi connectivity index (χ3n) is 7.58. The van der Waals surface area contributed by atoms with E-state index in [0.29, 0.717) is 52.4 Å². The topological polar surface area (TPSA) is 111 Å². The van der Waals surface area contributed by atoms with E-state index in [0.717, 1.165) is 16.9 Å². The molecule has 2 atom stereocenters. The molecule has 232 valence electrons. The van der Waals surface area contributed by atoms with Crippen molar-refractivity contribution in [1.29, 1.82) is 0 Å². The van der Waals surface area contributed by atoms with Gasteiger partial charge in [0.2, 0.25) is 5.13 Å². The highest BCUT2D eigenvalue weighted by Gasteiger charge is 2.48. The lowest BCUT2D eigenvalue weighted by Gasteiger charge is -2.23. The zero-order valence-corrected chi connectivity index (χ0v) is 27.0. The molecule has 0 radical (unpaired) electrons. The molecule has 1 fully saturated rings. The van der Waals surface area contributed by atoms with Crippen LogP contribution in [0, 0.1) is 6.92 Å². The fraction of sp³-hybridized carbons (Fsp3) is 0.294. The highest BCUT2D eigenvalue weighted by atomic mass is 32.2. The third kappa shape index (κ3) is 6.14. The van der Waals surface area contributed by atoms with Crippen LogP contribution in [0.4, 0.5) is 5.13 Å². The Balaban J connectivity index is 1.42. The molecule has 0 bridgehead atoms. The Hall–Kier alpha value is -4.35. The van der Waals surface area contributed by atoms with Crippen LogP contribution in [0.25, 0.3) is 5.76 Å². The lowest BCUT2D eigenvalue weighted by atomic mass is 9.94. The maximum absolute atomic E-state index is 13.8. The number of carbonyl (C=O) groups is 2. The molecule has 6 rings (SSSR count). The first-order chi connectivity index (χ1) is 21.8. The van der Waals surface area contributed by atoms with E-state index in [1.807, 2.05) is 33.8 Å². The summed E-state index contributed by atoms with van der Waals surface area (Å²) in [5, 5.41) is 20.6. The average molecular weight is 644 g/mol. The van der Waals surface area contributed by atoms with Gasteiger partial charge in [-0.05, 0) is 74.7 Å². The molecule has 9 nitrogen and oxygen atoms in total. The van der Waals surface area contributed by atoms with Crippen molar-refractivity contribution in [2.45, 2.75) is 56.4 Å². The van der Waals surface area contributed by atoms with Gasteiger partial charge in [0.25, 0.3) is 5.78 Å². The molecule has 1 N–H and O–H groups in total. The fourth-order valence-electron chi connectivity index (χ4n) is 5.50. The van der Waals surface area contributed by atoms with Gasteiger partial charge in [-0.15, -0.1) is 10.2 Å². The number of aliphatic hydroxyl groups excluding tert-OH is 1. The van der Waals surface area contributed by atoms with Crippen LogP contribution < -0.4 is 19.1 Å². The van der Waals surface area contributed by atoms with E-state index in [-0.39, 0.29) is 22.6 Å².